The van der Waals surface area contributed by atoms with E-state index in [1.165, 1.54) is 0 Å². The van der Waals surface area contributed by atoms with Crippen LogP contribution in [0.1, 0.15) is 33.2 Å². The number of hydrogen-bond donors (Lipinski definition) is 0. The van der Waals surface area contributed by atoms with Gasteiger partial charge in [-0.05, 0) is 44.0 Å². The van der Waals surface area contributed by atoms with Gasteiger partial charge in [0.25, 0.3) is 5.89 Å². The molecule has 0 fully saturated rings. The highest BCUT2D eigenvalue weighted by Crippen LogP contribution is 2.25. The molecule has 0 aliphatic heterocycles. The zero-order valence-corrected chi connectivity index (χ0v) is 10.6. The monoisotopic (exact) mass is 246 g/mol. The first-order chi connectivity index (χ1) is 8.60. The maximum atomic E-state index is 10.7. The van der Waals surface area contributed by atoms with E-state index in [0.717, 1.165) is 23.2 Å². The lowest BCUT2D eigenvalue weighted by Crippen LogP contribution is -2.00. The standard InChI is InChI=1S/C13H14N2O3/c1-8-4-11(6-16)5-9(2)13(8)17-7-12-14-10(3)15-18-12/h4-6H,7H2,1-3H3. The molecule has 2 rings (SSSR count). The molecule has 0 unspecified atom stereocenters. The maximum Gasteiger partial charge on any atom is 0.264 e. The number of hydrogen-bond acceptors (Lipinski definition) is 5. The van der Waals surface area contributed by atoms with E-state index in [-0.39, 0.29) is 6.61 Å². The SMILES string of the molecule is Cc1noc(COc2c(C)cc(C=O)cc2C)n1. The molecule has 0 aliphatic rings. The van der Waals surface area contributed by atoms with Gasteiger partial charge in [-0.25, -0.2) is 0 Å². The lowest BCUT2D eigenvalue weighted by atomic mass is 10.1. The predicted molar refractivity (Wildman–Crippen MR) is 64.7 cm³/mol. The Morgan fingerprint density at radius 1 is 1.28 bits per heavy atom. The number of aromatic nitrogens is 2. The summed E-state index contributed by atoms with van der Waals surface area (Å²) in [5.41, 5.74) is 2.47. The van der Waals surface area contributed by atoms with Gasteiger partial charge in [-0.15, -0.1) is 0 Å². The van der Waals surface area contributed by atoms with Gasteiger partial charge in [0, 0.05) is 5.56 Å². The fourth-order valence-corrected chi connectivity index (χ4v) is 1.81. The van der Waals surface area contributed by atoms with E-state index in [1.54, 1.807) is 19.1 Å². The third kappa shape index (κ3) is 2.56. The molecule has 0 atom stereocenters. The molecule has 1 aromatic carbocycles. The van der Waals surface area contributed by atoms with E-state index in [0.29, 0.717) is 17.3 Å². The average Bonchev–Trinajstić information content (AvgIpc) is 2.73. The largest absolute Gasteiger partial charge is 0.483 e. The molecule has 0 bridgehead atoms. The van der Waals surface area contributed by atoms with Gasteiger partial charge >= 0.3 is 0 Å². The number of carbonyl (C=O) groups is 1. The summed E-state index contributed by atoms with van der Waals surface area (Å²) in [6.07, 6.45) is 0.825. The summed E-state index contributed by atoms with van der Waals surface area (Å²) >= 11 is 0. The van der Waals surface area contributed by atoms with Crippen molar-refractivity contribution in [3.63, 3.8) is 0 Å². The molecule has 1 heterocycles. The minimum atomic E-state index is 0.225. The summed E-state index contributed by atoms with van der Waals surface area (Å²) < 4.78 is 10.6. The van der Waals surface area contributed by atoms with Crippen molar-refractivity contribution in [2.45, 2.75) is 27.4 Å². The Hall–Kier alpha value is -2.17. The highest BCUT2D eigenvalue weighted by molar-refractivity contribution is 5.76. The molecular formula is C13H14N2O3. The molecule has 0 N–H and O–H groups in total. The van der Waals surface area contributed by atoms with Gasteiger partial charge in [0.2, 0.25) is 0 Å². The minimum absolute atomic E-state index is 0.225. The Morgan fingerprint density at radius 3 is 2.44 bits per heavy atom. The van der Waals surface area contributed by atoms with E-state index in [4.69, 9.17) is 9.26 Å². The molecular weight excluding hydrogens is 232 g/mol. The Kier molecular flexibility index (Phi) is 3.41. The van der Waals surface area contributed by atoms with Crippen LogP contribution in [0.4, 0.5) is 0 Å². The second-order valence-electron chi connectivity index (χ2n) is 4.13. The van der Waals surface area contributed by atoms with Gasteiger partial charge in [-0.1, -0.05) is 5.16 Å². The van der Waals surface area contributed by atoms with Crippen molar-refractivity contribution in [2.75, 3.05) is 0 Å². The summed E-state index contributed by atoms with van der Waals surface area (Å²) in [6.45, 7) is 5.77. The van der Waals surface area contributed by atoms with Crippen LogP contribution >= 0.6 is 0 Å². The summed E-state index contributed by atoms with van der Waals surface area (Å²) in [5, 5.41) is 3.69. The van der Waals surface area contributed by atoms with Crippen molar-refractivity contribution in [1.82, 2.24) is 10.1 Å². The quantitative estimate of drug-likeness (QED) is 0.775. The minimum Gasteiger partial charge on any atom is -0.483 e. The van der Waals surface area contributed by atoms with E-state index < -0.39 is 0 Å². The highest BCUT2D eigenvalue weighted by Gasteiger charge is 2.09. The van der Waals surface area contributed by atoms with Crippen molar-refractivity contribution in [3.8, 4) is 5.75 Å². The fourth-order valence-electron chi connectivity index (χ4n) is 1.81. The van der Waals surface area contributed by atoms with Gasteiger partial charge in [-0.2, -0.15) is 4.98 Å². The van der Waals surface area contributed by atoms with Gasteiger partial charge in [-0.3, -0.25) is 4.79 Å². The van der Waals surface area contributed by atoms with Crippen molar-refractivity contribution < 1.29 is 14.1 Å². The number of carbonyl (C=O) groups excluding carboxylic acids is 1. The summed E-state index contributed by atoms with van der Waals surface area (Å²) in [4.78, 5) is 14.8. The molecule has 2 aromatic rings. The summed E-state index contributed by atoms with van der Waals surface area (Å²) in [6, 6.07) is 3.57. The van der Waals surface area contributed by atoms with E-state index >= 15 is 0 Å². The Morgan fingerprint density at radius 2 is 1.94 bits per heavy atom. The zero-order chi connectivity index (χ0) is 13.1. The second kappa shape index (κ2) is 5.00. The van der Waals surface area contributed by atoms with Crippen LogP contribution in [-0.4, -0.2) is 16.4 Å². The summed E-state index contributed by atoms with van der Waals surface area (Å²) in [5.74, 6) is 1.76. The average molecular weight is 246 g/mol. The smallest absolute Gasteiger partial charge is 0.264 e. The first-order valence-corrected chi connectivity index (χ1v) is 5.58. The van der Waals surface area contributed by atoms with Crippen LogP contribution in [0.2, 0.25) is 0 Å². The van der Waals surface area contributed by atoms with E-state index in [9.17, 15) is 4.79 Å². The molecule has 5 heteroatoms. The third-order valence-corrected chi connectivity index (χ3v) is 2.53. The first kappa shape index (κ1) is 12.3. The number of ether oxygens (including phenoxy) is 1. The van der Waals surface area contributed by atoms with E-state index in [2.05, 4.69) is 10.1 Å². The molecule has 0 amide bonds. The van der Waals surface area contributed by atoms with E-state index in [1.807, 2.05) is 13.8 Å². The number of aldehydes is 1. The van der Waals surface area contributed by atoms with Crippen molar-refractivity contribution in [2.24, 2.45) is 0 Å². The van der Waals surface area contributed by atoms with Gasteiger partial charge in [0.15, 0.2) is 12.4 Å². The van der Waals surface area contributed by atoms with Crippen molar-refractivity contribution in [1.29, 1.82) is 0 Å². The zero-order valence-electron chi connectivity index (χ0n) is 10.6. The molecule has 1 aromatic heterocycles. The van der Waals surface area contributed by atoms with Gasteiger partial charge in [0.1, 0.15) is 12.0 Å². The molecule has 0 saturated carbocycles. The molecule has 5 nitrogen and oxygen atoms in total. The second-order valence-corrected chi connectivity index (χ2v) is 4.13. The third-order valence-electron chi connectivity index (χ3n) is 2.53. The Balaban J connectivity index is 2.16. The van der Waals surface area contributed by atoms with Crippen molar-refractivity contribution in [3.05, 3.63) is 40.5 Å². The molecule has 0 radical (unpaired) electrons. The lowest BCUT2D eigenvalue weighted by molar-refractivity contribution is 0.112. The Labute approximate surface area is 105 Å². The Bertz CT molecular complexity index is 552. The molecule has 18 heavy (non-hydrogen) atoms. The van der Waals surface area contributed by atoms with Gasteiger partial charge < -0.3 is 9.26 Å². The number of benzene rings is 1. The van der Waals surface area contributed by atoms with Crippen LogP contribution < -0.4 is 4.74 Å². The topological polar surface area (TPSA) is 65.2 Å². The molecule has 94 valence electrons. The highest BCUT2D eigenvalue weighted by atomic mass is 16.5. The number of rotatable bonds is 4. The molecule has 0 saturated heterocycles. The van der Waals surface area contributed by atoms with Crippen LogP contribution in [0.5, 0.6) is 5.75 Å². The van der Waals surface area contributed by atoms with Crippen LogP contribution in [0, 0.1) is 20.8 Å². The van der Waals surface area contributed by atoms with Crippen LogP contribution in [0.25, 0.3) is 0 Å². The van der Waals surface area contributed by atoms with Crippen LogP contribution in [0.3, 0.4) is 0 Å². The fraction of sp³-hybridized carbons (Fsp3) is 0.308. The maximum absolute atomic E-state index is 10.7. The van der Waals surface area contributed by atoms with Crippen LogP contribution in [-0.2, 0) is 6.61 Å². The van der Waals surface area contributed by atoms with Crippen LogP contribution in [0.15, 0.2) is 16.7 Å². The lowest BCUT2D eigenvalue weighted by Gasteiger charge is -2.11. The predicted octanol–water partition coefficient (Wildman–Crippen LogP) is 2.39. The number of aryl methyl sites for hydroxylation is 3. The normalized spacial score (nSPS) is 10.4. The van der Waals surface area contributed by atoms with Gasteiger partial charge in [0.05, 0.1) is 0 Å². The molecule has 0 spiro atoms. The summed E-state index contributed by atoms with van der Waals surface area (Å²) in [7, 11) is 0. The number of nitrogens with zero attached hydrogens (tertiary/aromatic N) is 2. The molecule has 0 aliphatic carbocycles. The van der Waals surface area contributed by atoms with Crippen molar-refractivity contribution >= 4 is 6.29 Å². The first-order valence-electron chi connectivity index (χ1n) is 5.58.